The van der Waals surface area contributed by atoms with E-state index in [-0.39, 0.29) is 5.56 Å². The Morgan fingerprint density at radius 2 is 2.00 bits per heavy atom. The highest BCUT2D eigenvalue weighted by Crippen LogP contribution is 2.21. The van der Waals surface area contributed by atoms with E-state index in [2.05, 4.69) is 21.0 Å². The van der Waals surface area contributed by atoms with Crippen LogP contribution in [0.15, 0.2) is 35.4 Å². The van der Waals surface area contributed by atoms with E-state index >= 15 is 0 Å². The molecular weight excluding hydrogens is 312 g/mol. The fraction of sp³-hybridized carbons (Fsp3) is 0.550. The lowest BCUT2D eigenvalue weighted by Gasteiger charge is -2.32. The lowest BCUT2D eigenvalue weighted by molar-refractivity contribution is 0.163. The molecule has 5 nitrogen and oxygen atoms in total. The standard InChI is InChI=1S/C20H26N4O/c25-20-12-18-5-1-2-6-19(18)22-24(20)15-16-7-10-23(11-8-16)14-17-4-3-9-21-13-17/h3-4,9,12-13,16H,1-2,5-8,10-11,14-15H2. The van der Waals surface area contributed by atoms with Crippen molar-refractivity contribution in [1.29, 1.82) is 0 Å². The van der Waals surface area contributed by atoms with Gasteiger partial charge in [-0.15, -0.1) is 0 Å². The van der Waals surface area contributed by atoms with Crippen LogP contribution in [0.5, 0.6) is 0 Å². The van der Waals surface area contributed by atoms with Crippen LogP contribution in [0.4, 0.5) is 0 Å². The lowest BCUT2D eigenvalue weighted by atomic mass is 9.95. The van der Waals surface area contributed by atoms with Gasteiger partial charge >= 0.3 is 0 Å². The Morgan fingerprint density at radius 1 is 1.16 bits per heavy atom. The third-order valence-corrected chi connectivity index (χ3v) is 5.54. The predicted octanol–water partition coefficient (Wildman–Crippen LogP) is 2.43. The fourth-order valence-corrected chi connectivity index (χ4v) is 4.05. The number of likely N-dealkylation sites (tertiary alicyclic amines) is 1. The molecule has 2 aliphatic rings. The van der Waals surface area contributed by atoms with Crippen LogP contribution in [0.1, 0.15) is 42.5 Å². The molecule has 1 aliphatic heterocycles. The van der Waals surface area contributed by atoms with Crippen molar-refractivity contribution in [2.45, 2.75) is 51.6 Å². The maximum Gasteiger partial charge on any atom is 0.267 e. The molecular formula is C20H26N4O. The quantitative estimate of drug-likeness (QED) is 0.859. The summed E-state index contributed by atoms with van der Waals surface area (Å²) in [6.07, 6.45) is 10.5. The summed E-state index contributed by atoms with van der Waals surface area (Å²) < 4.78 is 1.73. The number of hydrogen-bond donors (Lipinski definition) is 0. The summed E-state index contributed by atoms with van der Waals surface area (Å²) in [5.41, 5.74) is 3.69. The molecule has 1 fully saturated rings. The van der Waals surface area contributed by atoms with Crippen LogP contribution in [0, 0.1) is 5.92 Å². The molecule has 2 aromatic heterocycles. The number of aryl methyl sites for hydroxylation is 2. The first-order valence-corrected chi connectivity index (χ1v) is 9.49. The molecule has 0 spiro atoms. The van der Waals surface area contributed by atoms with Crippen molar-refractivity contribution in [3.05, 3.63) is 57.8 Å². The molecule has 5 heteroatoms. The molecule has 25 heavy (non-hydrogen) atoms. The summed E-state index contributed by atoms with van der Waals surface area (Å²) in [6, 6.07) is 5.96. The summed E-state index contributed by atoms with van der Waals surface area (Å²) in [5.74, 6) is 0.553. The summed E-state index contributed by atoms with van der Waals surface area (Å²) in [5, 5.41) is 4.68. The molecule has 0 amide bonds. The summed E-state index contributed by atoms with van der Waals surface area (Å²) >= 11 is 0. The van der Waals surface area contributed by atoms with Crippen molar-refractivity contribution in [3.63, 3.8) is 0 Å². The Bertz CT molecular complexity index is 763. The van der Waals surface area contributed by atoms with E-state index in [1.807, 2.05) is 24.5 Å². The van der Waals surface area contributed by atoms with E-state index in [9.17, 15) is 4.79 Å². The Hall–Kier alpha value is -2.01. The third-order valence-electron chi connectivity index (χ3n) is 5.54. The second-order valence-electron chi connectivity index (χ2n) is 7.42. The van der Waals surface area contributed by atoms with Gasteiger partial charge in [0.1, 0.15) is 0 Å². The van der Waals surface area contributed by atoms with Gasteiger partial charge in [-0.25, -0.2) is 4.68 Å². The fourth-order valence-electron chi connectivity index (χ4n) is 4.05. The molecule has 0 aromatic carbocycles. The van der Waals surface area contributed by atoms with Gasteiger partial charge in [-0.1, -0.05) is 6.07 Å². The zero-order chi connectivity index (χ0) is 17.1. The monoisotopic (exact) mass is 338 g/mol. The van der Waals surface area contributed by atoms with Gasteiger partial charge in [-0.05, 0) is 74.7 Å². The van der Waals surface area contributed by atoms with Crippen LogP contribution in [0.25, 0.3) is 0 Å². The lowest BCUT2D eigenvalue weighted by Crippen LogP contribution is -2.37. The van der Waals surface area contributed by atoms with Crippen LogP contribution in [-0.2, 0) is 25.9 Å². The zero-order valence-electron chi connectivity index (χ0n) is 14.7. The van der Waals surface area contributed by atoms with Crippen molar-refractivity contribution in [3.8, 4) is 0 Å². The Balaban J connectivity index is 1.35. The van der Waals surface area contributed by atoms with Gasteiger partial charge in [0.2, 0.25) is 0 Å². The first kappa shape index (κ1) is 16.5. The molecule has 2 aromatic rings. The van der Waals surface area contributed by atoms with Crippen molar-refractivity contribution in [1.82, 2.24) is 19.7 Å². The van der Waals surface area contributed by atoms with Gasteiger partial charge in [-0.3, -0.25) is 14.7 Å². The summed E-state index contributed by atoms with van der Waals surface area (Å²) in [7, 11) is 0. The molecule has 0 saturated carbocycles. The largest absolute Gasteiger partial charge is 0.299 e. The molecule has 1 saturated heterocycles. The van der Waals surface area contributed by atoms with Gasteiger partial charge in [0.05, 0.1) is 5.69 Å². The number of piperidine rings is 1. The first-order chi connectivity index (χ1) is 12.3. The molecule has 132 valence electrons. The van der Waals surface area contributed by atoms with E-state index in [0.29, 0.717) is 5.92 Å². The average Bonchev–Trinajstić information content (AvgIpc) is 2.65. The van der Waals surface area contributed by atoms with Gasteiger partial charge < -0.3 is 0 Å². The minimum atomic E-state index is 0.0819. The van der Waals surface area contributed by atoms with Gasteiger partial charge in [0.25, 0.3) is 5.56 Å². The van der Waals surface area contributed by atoms with E-state index in [0.717, 1.165) is 57.6 Å². The van der Waals surface area contributed by atoms with Crippen LogP contribution in [0.2, 0.25) is 0 Å². The molecule has 0 radical (unpaired) electrons. The highest BCUT2D eigenvalue weighted by Gasteiger charge is 2.21. The average molecular weight is 338 g/mol. The highest BCUT2D eigenvalue weighted by molar-refractivity contribution is 5.20. The summed E-state index contributed by atoms with van der Waals surface area (Å²) in [4.78, 5) is 19.0. The number of aromatic nitrogens is 3. The van der Waals surface area contributed by atoms with Crippen molar-refractivity contribution in [2.75, 3.05) is 13.1 Å². The maximum absolute atomic E-state index is 12.4. The number of rotatable bonds is 4. The molecule has 0 N–H and O–H groups in total. The van der Waals surface area contributed by atoms with Crippen molar-refractivity contribution >= 4 is 0 Å². The van der Waals surface area contributed by atoms with Crippen LogP contribution >= 0.6 is 0 Å². The number of hydrogen-bond acceptors (Lipinski definition) is 4. The Kier molecular flexibility index (Phi) is 4.92. The molecule has 0 atom stereocenters. The number of fused-ring (bicyclic) bond motifs is 1. The molecule has 3 heterocycles. The van der Waals surface area contributed by atoms with Crippen LogP contribution in [0.3, 0.4) is 0 Å². The Morgan fingerprint density at radius 3 is 2.80 bits per heavy atom. The molecule has 1 aliphatic carbocycles. The van der Waals surface area contributed by atoms with Crippen LogP contribution in [-0.4, -0.2) is 32.8 Å². The second-order valence-corrected chi connectivity index (χ2v) is 7.42. The summed E-state index contributed by atoms with van der Waals surface area (Å²) in [6.45, 7) is 3.91. The molecule has 4 rings (SSSR count). The van der Waals surface area contributed by atoms with Gasteiger partial charge in [0.15, 0.2) is 0 Å². The van der Waals surface area contributed by atoms with E-state index in [4.69, 9.17) is 0 Å². The zero-order valence-corrected chi connectivity index (χ0v) is 14.7. The minimum Gasteiger partial charge on any atom is -0.299 e. The van der Waals surface area contributed by atoms with Crippen molar-refractivity contribution in [2.24, 2.45) is 5.92 Å². The maximum atomic E-state index is 12.4. The smallest absolute Gasteiger partial charge is 0.267 e. The number of nitrogens with zero attached hydrogens (tertiary/aromatic N) is 4. The third kappa shape index (κ3) is 3.98. The highest BCUT2D eigenvalue weighted by atomic mass is 16.1. The topological polar surface area (TPSA) is 51.0 Å². The minimum absolute atomic E-state index is 0.0819. The molecule has 0 bridgehead atoms. The van der Waals surface area contributed by atoms with Crippen LogP contribution < -0.4 is 5.56 Å². The Labute approximate surface area is 148 Å². The van der Waals surface area contributed by atoms with E-state index in [1.54, 1.807) is 4.68 Å². The first-order valence-electron chi connectivity index (χ1n) is 9.49. The molecule has 0 unspecified atom stereocenters. The second kappa shape index (κ2) is 7.48. The van der Waals surface area contributed by atoms with E-state index in [1.165, 1.54) is 24.0 Å². The predicted molar refractivity (Wildman–Crippen MR) is 97.4 cm³/mol. The SMILES string of the molecule is O=c1cc2c(nn1CC1CCN(Cc3cccnc3)CC1)CCCC2. The van der Waals surface area contributed by atoms with Crippen molar-refractivity contribution < 1.29 is 0 Å². The van der Waals surface area contributed by atoms with Gasteiger partial charge in [0, 0.05) is 31.5 Å². The number of pyridine rings is 1. The van der Waals surface area contributed by atoms with Gasteiger partial charge in [-0.2, -0.15) is 5.10 Å². The normalized spacial score (nSPS) is 18.9. The van der Waals surface area contributed by atoms with E-state index < -0.39 is 0 Å².